The summed E-state index contributed by atoms with van der Waals surface area (Å²) in [5.41, 5.74) is 4.91. The van der Waals surface area contributed by atoms with E-state index >= 15 is 0 Å². The lowest BCUT2D eigenvalue weighted by Crippen LogP contribution is -2.38. The third-order valence-corrected chi connectivity index (χ3v) is 6.27. The molecule has 0 unspecified atom stereocenters. The Balaban J connectivity index is 1.30. The molecule has 0 saturated carbocycles. The summed E-state index contributed by atoms with van der Waals surface area (Å²) in [6.07, 6.45) is 4.49. The molecular weight excluding hydrogens is 376 g/mol. The number of hydrogen-bond donors (Lipinski definition) is 1. The number of nitrogens with one attached hydrogen (secondary N) is 1. The number of aryl methyl sites for hydroxylation is 2. The van der Waals surface area contributed by atoms with Crippen molar-refractivity contribution in [2.45, 2.75) is 39.0 Å². The predicted octanol–water partition coefficient (Wildman–Crippen LogP) is 4.97. The van der Waals surface area contributed by atoms with Gasteiger partial charge in [-0.15, -0.1) is 0 Å². The lowest BCUT2D eigenvalue weighted by atomic mass is 9.89. The molecule has 1 saturated heterocycles. The fourth-order valence-corrected chi connectivity index (χ4v) is 4.24. The second-order valence-electron chi connectivity index (χ2n) is 8.16. The number of carbonyl (C=O) groups is 1. The largest absolute Gasteiger partial charge is 0.497 e. The van der Waals surface area contributed by atoms with Crippen LogP contribution in [0.15, 0.2) is 42.6 Å². The van der Waals surface area contributed by atoms with Crippen LogP contribution in [0.1, 0.15) is 41.9 Å². The molecule has 0 radical (unpaired) electrons. The number of ether oxygens (including phenoxy) is 2. The molecule has 1 N–H and O–H groups in total. The van der Waals surface area contributed by atoms with Gasteiger partial charge in [0.25, 0.3) is 0 Å². The summed E-state index contributed by atoms with van der Waals surface area (Å²) < 4.78 is 11.2. The minimum atomic E-state index is 0.179. The molecule has 0 aliphatic carbocycles. The molecule has 1 aromatic heterocycles. The highest BCUT2D eigenvalue weighted by atomic mass is 16.5. The van der Waals surface area contributed by atoms with Gasteiger partial charge in [-0.3, -0.25) is 4.79 Å². The quantitative estimate of drug-likeness (QED) is 0.629. The predicted molar refractivity (Wildman–Crippen MR) is 119 cm³/mol. The lowest BCUT2D eigenvalue weighted by Gasteiger charge is -2.32. The molecule has 30 heavy (non-hydrogen) atoms. The Morgan fingerprint density at radius 3 is 2.57 bits per heavy atom. The fraction of sp³-hybridized carbons (Fsp3) is 0.400. The summed E-state index contributed by atoms with van der Waals surface area (Å²) in [6.45, 7) is 6.16. The number of methoxy groups -OCH3 is 1. The van der Waals surface area contributed by atoms with E-state index in [1.165, 1.54) is 22.1 Å². The van der Waals surface area contributed by atoms with Gasteiger partial charge in [-0.2, -0.15) is 0 Å². The van der Waals surface area contributed by atoms with E-state index < -0.39 is 0 Å². The minimum Gasteiger partial charge on any atom is -0.497 e. The van der Waals surface area contributed by atoms with E-state index in [1.54, 1.807) is 7.11 Å². The molecule has 4 rings (SSSR count). The Morgan fingerprint density at radius 2 is 1.83 bits per heavy atom. The molecule has 3 aromatic rings. The number of hydrogen-bond acceptors (Lipinski definition) is 3. The Morgan fingerprint density at radius 1 is 1.07 bits per heavy atom. The van der Waals surface area contributed by atoms with E-state index in [0.29, 0.717) is 18.9 Å². The van der Waals surface area contributed by atoms with E-state index in [0.717, 1.165) is 42.9 Å². The number of rotatable bonds is 6. The second kappa shape index (κ2) is 8.82. The molecule has 1 aliphatic heterocycles. The number of benzene rings is 2. The van der Waals surface area contributed by atoms with Gasteiger partial charge in [0.2, 0.25) is 5.91 Å². The van der Waals surface area contributed by atoms with Crippen LogP contribution in [0.3, 0.4) is 0 Å². The van der Waals surface area contributed by atoms with Crippen LogP contribution in [0.2, 0.25) is 0 Å². The van der Waals surface area contributed by atoms with Crippen molar-refractivity contribution in [3.05, 3.63) is 59.3 Å². The zero-order valence-electron chi connectivity index (χ0n) is 18.0. The normalized spacial score (nSPS) is 14.8. The third-order valence-electron chi connectivity index (χ3n) is 6.27. The van der Waals surface area contributed by atoms with Crippen molar-refractivity contribution in [3.63, 3.8) is 0 Å². The van der Waals surface area contributed by atoms with Crippen molar-refractivity contribution in [1.82, 2.24) is 9.88 Å². The number of carbonyl (C=O) groups excluding carboxylic acids is 1. The monoisotopic (exact) mass is 406 g/mol. The number of amides is 1. The van der Waals surface area contributed by atoms with Crippen molar-refractivity contribution >= 4 is 16.8 Å². The van der Waals surface area contributed by atoms with E-state index in [9.17, 15) is 4.79 Å². The average Bonchev–Trinajstić information content (AvgIpc) is 3.19. The fourth-order valence-electron chi connectivity index (χ4n) is 4.24. The summed E-state index contributed by atoms with van der Waals surface area (Å²) in [7, 11) is 1.70. The van der Waals surface area contributed by atoms with Gasteiger partial charge >= 0.3 is 0 Å². The van der Waals surface area contributed by atoms with Gasteiger partial charge < -0.3 is 19.4 Å². The first-order valence-corrected chi connectivity index (χ1v) is 10.7. The van der Waals surface area contributed by atoms with Crippen LogP contribution in [-0.4, -0.2) is 42.6 Å². The minimum absolute atomic E-state index is 0.179. The number of fused-ring (bicyclic) bond motifs is 1. The van der Waals surface area contributed by atoms with Crippen LogP contribution < -0.4 is 9.47 Å². The van der Waals surface area contributed by atoms with E-state index in [4.69, 9.17) is 9.47 Å². The summed E-state index contributed by atoms with van der Waals surface area (Å²) in [6, 6.07) is 12.2. The molecule has 158 valence electrons. The number of aromatic nitrogens is 1. The number of aromatic amines is 1. The Hall–Kier alpha value is -2.95. The van der Waals surface area contributed by atoms with E-state index in [-0.39, 0.29) is 5.91 Å². The van der Waals surface area contributed by atoms with Crippen LogP contribution in [0, 0.1) is 13.8 Å². The van der Waals surface area contributed by atoms with Gasteiger partial charge in [-0.1, -0.05) is 6.07 Å². The van der Waals surface area contributed by atoms with Crippen molar-refractivity contribution in [2.75, 3.05) is 26.8 Å². The first kappa shape index (κ1) is 20.3. The Bertz CT molecular complexity index is 1030. The summed E-state index contributed by atoms with van der Waals surface area (Å²) >= 11 is 0. The molecule has 1 amide bonds. The second-order valence-corrected chi connectivity index (χ2v) is 8.16. The maximum absolute atomic E-state index is 12.6. The Labute approximate surface area is 178 Å². The standard InChI is InChI=1S/C25H30N2O3/c1-17-4-5-21(14-18(17)2)30-13-10-25(28)27-11-8-19(9-12-27)23-16-26-24-7-6-20(29-3)15-22(23)24/h4-7,14-16,19,26H,8-13H2,1-3H3. The molecule has 0 spiro atoms. The van der Waals surface area contributed by atoms with Gasteiger partial charge in [-0.25, -0.2) is 0 Å². The lowest BCUT2D eigenvalue weighted by molar-refractivity contribution is -0.132. The Kier molecular flexibility index (Phi) is 5.98. The number of nitrogens with zero attached hydrogens (tertiary/aromatic N) is 1. The molecular formula is C25H30N2O3. The highest BCUT2D eigenvalue weighted by Crippen LogP contribution is 2.34. The number of H-pyrrole nitrogens is 1. The molecule has 2 aromatic carbocycles. The van der Waals surface area contributed by atoms with Crippen molar-refractivity contribution in [3.8, 4) is 11.5 Å². The SMILES string of the molecule is COc1ccc2[nH]cc(C3CCN(C(=O)CCOc4ccc(C)c(C)c4)CC3)c2c1. The smallest absolute Gasteiger partial charge is 0.225 e. The molecule has 1 fully saturated rings. The van der Waals surface area contributed by atoms with Crippen LogP contribution in [-0.2, 0) is 4.79 Å². The van der Waals surface area contributed by atoms with Crippen molar-refractivity contribution in [2.24, 2.45) is 0 Å². The highest BCUT2D eigenvalue weighted by Gasteiger charge is 2.25. The number of piperidine rings is 1. The van der Waals surface area contributed by atoms with Crippen LogP contribution in [0.5, 0.6) is 11.5 Å². The molecule has 0 bridgehead atoms. The zero-order valence-corrected chi connectivity index (χ0v) is 18.0. The zero-order chi connectivity index (χ0) is 21.1. The molecule has 1 aliphatic rings. The maximum Gasteiger partial charge on any atom is 0.225 e. The van der Waals surface area contributed by atoms with Gasteiger partial charge in [-0.05, 0) is 79.6 Å². The van der Waals surface area contributed by atoms with E-state index in [1.807, 2.05) is 23.1 Å². The average molecular weight is 407 g/mol. The first-order valence-electron chi connectivity index (χ1n) is 10.7. The third kappa shape index (κ3) is 4.30. The van der Waals surface area contributed by atoms with Crippen molar-refractivity contribution in [1.29, 1.82) is 0 Å². The summed E-state index contributed by atoms with van der Waals surface area (Å²) in [4.78, 5) is 18.0. The summed E-state index contributed by atoms with van der Waals surface area (Å²) in [5, 5.41) is 1.22. The van der Waals surface area contributed by atoms with Gasteiger partial charge in [0.1, 0.15) is 11.5 Å². The van der Waals surface area contributed by atoms with Crippen LogP contribution in [0.25, 0.3) is 10.9 Å². The van der Waals surface area contributed by atoms with Crippen LogP contribution in [0.4, 0.5) is 0 Å². The van der Waals surface area contributed by atoms with Gasteiger partial charge in [0.15, 0.2) is 0 Å². The van der Waals surface area contributed by atoms with E-state index in [2.05, 4.69) is 43.2 Å². The van der Waals surface area contributed by atoms with Crippen molar-refractivity contribution < 1.29 is 14.3 Å². The number of likely N-dealkylation sites (tertiary alicyclic amines) is 1. The maximum atomic E-state index is 12.6. The highest BCUT2D eigenvalue weighted by molar-refractivity contribution is 5.85. The van der Waals surface area contributed by atoms with Gasteiger partial charge in [0, 0.05) is 30.2 Å². The topological polar surface area (TPSA) is 54.6 Å². The summed E-state index contributed by atoms with van der Waals surface area (Å²) in [5.74, 6) is 2.35. The van der Waals surface area contributed by atoms with Crippen LogP contribution >= 0.6 is 0 Å². The molecule has 0 atom stereocenters. The molecule has 5 nitrogen and oxygen atoms in total. The molecule has 5 heteroatoms. The van der Waals surface area contributed by atoms with Gasteiger partial charge in [0.05, 0.1) is 20.1 Å². The first-order chi connectivity index (χ1) is 14.5. The molecule has 2 heterocycles.